The van der Waals surface area contributed by atoms with Crippen LogP contribution in [0.15, 0.2) is 42.5 Å². The monoisotopic (exact) mass is 519 g/mol. The Bertz CT molecular complexity index is 1170. The Morgan fingerprint density at radius 1 is 1.03 bits per heavy atom. The Hall–Kier alpha value is -3.27. The largest absolute Gasteiger partial charge is 0.497 e. The second-order valence-electron chi connectivity index (χ2n) is 9.07. The fraction of sp³-hybridized carbons (Fsp3) is 0.462. The van der Waals surface area contributed by atoms with Crippen molar-refractivity contribution in [1.29, 1.82) is 0 Å². The first-order valence-corrected chi connectivity index (χ1v) is 13.5. The number of methoxy groups -OCH3 is 2. The van der Waals surface area contributed by atoms with Gasteiger partial charge in [-0.15, -0.1) is 0 Å². The number of benzene rings is 2. The van der Waals surface area contributed by atoms with Gasteiger partial charge in [-0.05, 0) is 43.0 Å². The van der Waals surface area contributed by atoms with Crippen LogP contribution in [0.2, 0.25) is 0 Å². The van der Waals surface area contributed by atoms with E-state index in [2.05, 4.69) is 5.32 Å². The predicted molar refractivity (Wildman–Crippen MR) is 141 cm³/mol. The van der Waals surface area contributed by atoms with Crippen LogP contribution in [-0.2, 0) is 26.2 Å². The summed E-state index contributed by atoms with van der Waals surface area (Å²) < 4.78 is 37.3. The van der Waals surface area contributed by atoms with E-state index in [9.17, 15) is 18.0 Å². The molecule has 9 nitrogen and oxygen atoms in total. The van der Waals surface area contributed by atoms with E-state index in [0.29, 0.717) is 12.3 Å². The van der Waals surface area contributed by atoms with Crippen molar-refractivity contribution in [3.63, 3.8) is 0 Å². The lowest BCUT2D eigenvalue weighted by Gasteiger charge is -2.32. The Morgan fingerprint density at radius 3 is 2.25 bits per heavy atom. The highest BCUT2D eigenvalue weighted by atomic mass is 32.2. The quantitative estimate of drug-likeness (QED) is 0.462. The summed E-state index contributed by atoms with van der Waals surface area (Å²) >= 11 is 0. The molecule has 1 atom stereocenters. The molecule has 10 heteroatoms. The zero-order valence-electron chi connectivity index (χ0n) is 22.1. The highest BCUT2D eigenvalue weighted by Gasteiger charge is 2.31. The van der Waals surface area contributed by atoms with Crippen LogP contribution in [-0.4, -0.2) is 64.7 Å². The summed E-state index contributed by atoms with van der Waals surface area (Å²) in [7, 11) is -1.03. The third kappa shape index (κ3) is 7.61. The van der Waals surface area contributed by atoms with Crippen molar-refractivity contribution in [3.05, 3.63) is 53.6 Å². The van der Waals surface area contributed by atoms with Crippen LogP contribution in [0, 0.1) is 12.8 Å². The minimum Gasteiger partial charge on any atom is -0.497 e. The molecule has 0 aliphatic heterocycles. The van der Waals surface area contributed by atoms with Gasteiger partial charge in [0.25, 0.3) is 0 Å². The highest BCUT2D eigenvalue weighted by molar-refractivity contribution is 7.92. The second-order valence-corrected chi connectivity index (χ2v) is 11.0. The Balaban J connectivity index is 2.47. The van der Waals surface area contributed by atoms with Gasteiger partial charge in [0, 0.05) is 19.2 Å². The van der Waals surface area contributed by atoms with Gasteiger partial charge in [-0.3, -0.25) is 13.9 Å². The molecule has 0 saturated heterocycles. The minimum absolute atomic E-state index is 0.147. The van der Waals surface area contributed by atoms with Crippen LogP contribution in [0.3, 0.4) is 0 Å². The number of sulfonamides is 1. The smallest absolute Gasteiger partial charge is 0.244 e. The van der Waals surface area contributed by atoms with Crippen LogP contribution in [0.1, 0.15) is 31.9 Å². The number of hydrogen-bond donors (Lipinski definition) is 1. The number of hydrogen-bond acceptors (Lipinski definition) is 6. The molecule has 0 saturated carbocycles. The van der Waals surface area contributed by atoms with Crippen molar-refractivity contribution in [2.24, 2.45) is 5.92 Å². The maximum absolute atomic E-state index is 13.7. The van der Waals surface area contributed by atoms with Crippen LogP contribution in [0.5, 0.6) is 11.5 Å². The van der Waals surface area contributed by atoms with E-state index in [1.54, 1.807) is 19.1 Å². The molecule has 0 heterocycles. The first kappa shape index (κ1) is 29.0. The van der Waals surface area contributed by atoms with Gasteiger partial charge in [-0.1, -0.05) is 38.1 Å². The molecule has 0 bridgehead atoms. The summed E-state index contributed by atoms with van der Waals surface area (Å²) in [5.74, 6) is 0.0754. The van der Waals surface area contributed by atoms with Gasteiger partial charge in [-0.25, -0.2) is 8.42 Å². The van der Waals surface area contributed by atoms with Crippen LogP contribution >= 0.6 is 0 Å². The first-order chi connectivity index (χ1) is 16.9. The van der Waals surface area contributed by atoms with Crippen molar-refractivity contribution < 1.29 is 27.5 Å². The van der Waals surface area contributed by atoms with Crippen LogP contribution in [0.4, 0.5) is 5.69 Å². The van der Waals surface area contributed by atoms with Crippen molar-refractivity contribution in [2.75, 3.05) is 37.9 Å². The Morgan fingerprint density at radius 2 is 1.69 bits per heavy atom. The molecule has 0 aromatic heterocycles. The molecule has 2 amide bonds. The van der Waals surface area contributed by atoms with Gasteiger partial charge in [-0.2, -0.15) is 0 Å². The van der Waals surface area contributed by atoms with Crippen molar-refractivity contribution >= 4 is 27.5 Å². The van der Waals surface area contributed by atoms with E-state index in [1.807, 2.05) is 45.0 Å². The maximum atomic E-state index is 13.7. The third-order valence-electron chi connectivity index (χ3n) is 5.79. The average molecular weight is 520 g/mol. The molecule has 0 spiro atoms. The van der Waals surface area contributed by atoms with Crippen molar-refractivity contribution in [2.45, 2.75) is 40.3 Å². The zero-order chi connectivity index (χ0) is 27.0. The number of rotatable bonds is 12. The molecule has 1 N–H and O–H groups in total. The lowest BCUT2D eigenvalue weighted by atomic mass is 10.1. The summed E-state index contributed by atoms with van der Waals surface area (Å²) in [6.45, 7) is 7.62. The number of amides is 2. The van der Waals surface area contributed by atoms with Crippen molar-refractivity contribution in [3.8, 4) is 11.5 Å². The third-order valence-corrected chi connectivity index (χ3v) is 6.91. The number of ether oxygens (including phenoxy) is 2. The van der Waals surface area contributed by atoms with Crippen LogP contribution in [0.25, 0.3) is 0 Å². The molecule has 2 aromatic rings. The number of anilines is 1. The van der Waals surface area contributed by atoms with E-state index >= 15 is 0 Å². The van der Waals surface area contributed by atoms with Gasteiger partial charge < -0.3 is 19.7 Å². The molecule has 0 aliphatic carbocycles. The summed E-state index contributed by atoms with van der Waals surface area (Å²) in [5.41, 5.74) is 1.99. The Kier molecular flexibility index (Phi) is 10.2. The first-order valence-electron chi connectivity index (χ1n) is 11.7. The molecule has 36 heavy (non-hydrogen) atoms. The van der Waals surface area contributed by atoms with E-state index in [0.717, 1.165) is 21.7 Å². The van der Waals surface area contributed by atoms with E-state index in [-0.39, 0.29) is 29.8 Å². The standard InChI is InChI=1S/C26H37N3O6S/c1-18(2)15-27-26(31)20(4)28(16-21-11-9-8-10-19(21)3)25(30)17-29(36(7,32)33)23-14-22(34-5)12-13-24(23)35-6/h8-14,18,20H,15-17H2,1-7H3,(H,27,31)/t20-/m0/s1. The Labute approximate surface area is 214 Å². The summed E-state index contributed by atoms with van der Waals surface area (Å²) in [5, 5.41) is 2.86. The number of aryl methyl sites for hydroxylation is 1. The van der Waals surface area contributed by atoms with Gasteiger partial charge in [0.2, 0.25) is 21.8 Å². The summed E-state index contributed by atoms with van der Waals surface area (Å²) in [6.07, 6.45) is 1.02. The maximum Gasteiger partial charge on any atom is 0.244 e. The molecule has 198 valence electrons. The van der Waals surface area contributed by atoms with Crippen molar-refractivity contribution in [1.82, 2.24) is 10.2 Å². The van der Waals surface area contributed by atoms with Gasteiger partial charge >= 0.3 is 0 Å². The number of nitrogens with zero attached hydrogens (tertiary/aromatic N) is 2. The molecule has 0 unspecified atom stereocenters. The number of carbonyl (C=O) groups is 2. The average Bonchev–Trinajstić information content (AvgIpc) is 2.83. The van der Waals surface area contributed by atoms with E-state index in [1.165, 1.54) is 25.2 Å². The molecule has 0 fully saturated rings. The predicted octanol–water partition coefficient (Wildman–Crippen LogP) is 2.97. The fourth-order valence-corrected chi connectivity index (χ4v) is 4.44. The summed E-state index contributed by atoms with van der Waals surface area (Å²) in [4.78, 5) is 28.0. The van der Waals surface area contributed by atoms with E-state index in [4.69, 9.17) is 9.47 Å². The lowest BCUT2D eigenvalue weighted by molar-refractivity contribution is -0.139. The lowest BCUT2D eigenvalue weighted by Crippen LogP contribution is -2.51. The van der Waals surface area contributed by atoms with Crippen LogP contribution < -0.4 is 19.1 Å². The highest BCUT2D eigenvalue weighted by Crippen LogP contribution is 2.34. The SMILES string of the molecule is COc1ccc(OC)c(N(CC(=O)N(Cc2ccccc2C)[C@@H](C)C(=O)NCC(C)C)S(C)(=O)=O)c1. The molecule has 2 aromatic carbocycles. The normalized spacial score (nSPS) is 12.1. The molecule has 0 aliphatic rings. The topological polar surface area (TPSA) is 105 Å². The minimum atomic E-state index is -3.90. The summed E-state index contributed by atoms with van der Waals surface area (Å²) in [6, 6.07) is 11.4. The van der Waals surface area contributed by atoms with Gasteiger partial charge in [0.15, 0.2) is 0 Å². The second kappa shape index (κ2) is 12.6. The van der Waals surface area contributed by atoms with Gasteiger partial charge in [0.05, 0.1) is 26.2 Å². The zero-order valence-corrected chi connectivity index (χ0v) is 22.9. The molecule has 2 rings (SSSR count). The van der Waals surface area contributed by atoms with E-state index < -0.39 is 28.5 Å². The number of nitrogens with one attached hydrogen (secondary N) is 1. The fourth-order valence-electron chi connectivity index (χ4n) is 3.59. The van der Waals surface area contributed by atoms with Gasteiger partial charge in [0.1, 0.15) is 24.1 Å². The molecule has 0 radical (unpaired) electrons. The molecular formula is C26H37N3O6S. The number of carbonyl (C=O) groups excluding carboxylic acids is 2. The molecular weight excluding hydrogens is 482 g/mol.